The van der Waals surface area contributed by atoms with Gasteiger partial charge in [-0.15, -0.1) is 4.89 Å². The number of rotatable bonds is 16. The van der Waals surface area contributed by atoms with Gasteiger partial charge in [-0.2, -0.15) is 0 Å². The van der Waals surface area contributed by atoms with E-state index in [4.69, 9.17) is 49.9 Å². The van der Waals surface area contributed by atoms with Gasteiger partial charge in [0.25, 0.3) is 5.79 Å². The molecule has 0 spiro atoms. The van der Waals surface area contributed by atoms with E-state index in [1.165, 1.54) is 19.3 Å². The van der Waals surface area contributed by atoms with Crippen molar-refractivity contribution in [2.75, 3.05) is 46.2 Å². The second-order valence-electron chi connectivity index (χ2n) is 7.92. The van der Waals surface area contributed by atoms with Crippen molar-refractivity contribution >= 4 is 11.9 Å². The van der Waals surface area contributed by atoms with Crippen molar-refractivity contribution in [3.05, 3.63) is 97.2 Å². The zero-order valence-corrected chi connectivity index (χ0v) is 28.2. The first-order chi connectivity index (χ1) is 22.5. The molecule has 0 heterocycles. The first-order valence-electron chi connectivity index (χ1n) is 14.8. The summed E-state index contributed by atoms with van der Waals surface area (Å²) in [6.45, 7) is 24.7. The molecule has 1 aromatic rings. The number of esters is 1. The highest BCUT2D eigenvalue weighted by atomic mass is 17.2. The summed E-state index contributed by atoms with van der Waals surface area (Å²) in [6, 6.07) is 8.95. The smallest absolute Gasteiger partial charge is 0.365 e. The van der Waals surface area contributed by atoms with Crippen LogP contribution in [-0.2, 0) is 54.7 Å². The van der Waals surface area contributed by atoms with Crippen LogP contribution in [0.1, 0.15) is 58.3 Å². The molecule has 0 bridgehead atoms. The molecule has 0 aliphatic rings. The molecule has 1 atom stereocenters. The van der Waals surface area contributed by atoms with Crippen LogP contribution in [0.15, 0.2) is 55.6 Å². The van der Waals surface area contributed by atoms with E-state index in [0.717, 1.165) is 37.8 Å². The topological polar surface area (TPSA) is 190 Å². The molecule has 0 saturated heterocycles. The predicted octanol–water partition coefficient (Wildman–Crippen LogP) is 6.80. The highest BCUT2D eigenvalue weighted by molar-refractivity contribution is 5.81. The van der Waals surface area contributed by atoms with Crippen LogP contribution in [-0.4, -0.2) is 64.0 Å². The van der Waals surface area contributed by atoms with Crippen LogP contribution >= 0.6 is 0 Å². The summed E-state index contributed by atoms with van der Waals surface area (Å²) in [4.78, 5) is 33.3. The van der Waals surface area contributed by atoms with Gasteiger partial charge in [0.1, 0.15) is 5.75 Å². The third-order valence-electron chi connectivity index (χ3n) is 4.25. The standard InChI is InChI=1S/C23H32O6.6C2H4O/c1-4-7-8-9-10-11-15-18-23(19-26-21(24)5-2,29-28-22(25)6-3)27-20-16-13-12-14-17-20;6*1-2-3/h5-6,12-14,16-17H,2-4,7-11,15,18-19H2,1H3;6*1-2H2. The van der Waals surface area contributed by atoms with Crippen molar-refractivity contribution < 1.29 is 59.5 Å². The van der Waals surface area contributed by atoms with Crippen molar-refractivity contribution in [1.82, 2.24) is 0 Å². The molecule has 47 heavy (non-hydrogen) atoms. The summed E-state index contributed by atoms with van der Waals surface area (Å²) in [5.74, 6) is -2.35. The maximum atomic E-state index is 11.6. The molecule has 0 aliphatic carbocycles. The molecule has 12 nitrogen and oxygen atoms in total. The number of carbonyl (C=O) groups is 2. The van der Waals surface area contributed by atoms with Gasteiger partial charge in [0, 0.05) is 18.6 Å². The van der Waals surface area contributed by atoms with E-state index in [1.54, 1.807) is 24.3 Å². The van der Waals surface area contributed by atoms with Crippen LogP contribution in [0.5, 0.6) is 5.75 Å². The minimum absolute atomic E-state index is 0.250. The number of hydrogen-bond acceptors (Lipinski definition) is 6. The summed E-state index contributed by atoms with van der Waals surface area (Å²) in [5.41, 5.74) is 0. The Balaban J connectivity index is -0.000000193. The number of benzene rings is 1. The Morgan fingerprint density at radius 3 is 1.40 bits per heavy atom. The Labute approximate surface area is 284 Å². The molecule has 12 radical (unpaired) electrons. The van der Waals surface area contributed by atoms with Crippen molar-refractivity contribution in [2.24, 2.45) is 0 Å². The molecule has 1 rings (SSSR count). The fraction of sp³-hybridized carbons (Fsp3) is 0.486. The van der Waals surface area contributed by atoms with Gasteiger partial charge in [0.15, 0.2) is 6.61 Å². The Morgan fingerprint density at radius 2 is 1.02 bits per heavy atom. The molecule has 0 aliphatic heterocycles. The maximum Gasteiger partial charge on any atom is 0.365 e. The quantitative estimate of drug-likeness (QED) is 0.0464. The molecule has 12 heteroatoms. The Hall–Kier alpha value is -2.84. The molecule has 0 N–H and O–H groups in total. The summed E-state index contributed by atoms with van der Waals surface area (Å²) in [6.07, 6.45) is 10.0. The highest BCUT2D eigenvalue weighted by Crippen LogP contribution is 2.27. The van der Waals surface area contributed by atoms with E-state index in [1.807, 2.05) is 6.07 Å². The number of carbonyl (C=O) groups excluding carboxylic acids is 2. The van der Waals surface area contributed by atoms with E-state index in [0.29, 0.717) is 12.2 Å². The lowest BCUT2D eigenvalue weighted by Crippen LogP contribution is -2.45. The summed E-state index contributed by atoms with van der Waals surface area (Å²) in [5, 5.41) is 52.9. The van der Waals surface area contributed by atoms with Gasteiger partial charge in [-0.3, -0.25) is 4.89 Å². The minimum Gasteiger partial charge on any atom is -0.455 e. The molecular formula is C35H56O12. The lowest BCUT2D eigenvalue weighted by molar-refractivity contribution is -0.390. The molecule has 0 aromatic heterocycles. The SMILES string of the molecule is C=CC(=O)OCC(CCCCCCCCC)(OOC(=O)C=C)Oc1ccccc1.[CH2]C[O].[CH2]C[O].[CH2]C[O].[CH2]C[O].[CH2]C[O].[CH2]C[O]. The van der Waals surface area contributed by atoms with Crippen molar-refractivity contribution in [2.45, 2.75) is 64.1 Å². The van der Waals surface area contributed by atoms with Crippen LogP contribution in [0, 0.1) is 41.5 Å². The van der Waals surface area contributed by atoms with Crippen LogP contribution in [0.25, 0.3) is 0 Å². The maximum absolute atomic E-state index is 11.6. The lowest BCUT2D eigenvalue weighted by atomic mass is 10.0. The minimum atomic E-state index is -1.47. The average molecular weight is 669 g/mol. The number of para-hydroxylation sites is 1. The Morgan fingerprint density at radius 1 is 0.638 bits per heavy atom. The molecule has 268 valence electrons. The third-order valence-corrected chi connectivity index (χ3v) is 4.25. The fourth-order valence-electron chi connectivity index (χ4n) is 2.68. The molecule has 0 amide bonds. The van der Waals surface area contributed by atoms with Gasteiger partial charge in [0.05, 0.1) is 39.6 Å². The summed E-state index contributed by atoms with van der Waals surface area (Å²) >= 11 is 0. The van der Waals surface area contributed by atoms with Gasteiger partial charge < -0.3 is 9.47 Å². The third kappa shape index (κ3) is 55.9. The van der Waals surface area contributed by atoms with Crippen LogP contribution in [0.2, 0.25) is 0 Å². The first kappa shape index (κ1) is 56.5. The van der Waals surface area contributed by atoms with E-state index < -0.39 is 17.7 Å². The largest absolute Gasteiger partial charge is 0.455 e. The van der Waals surface area contributed by atoms with E-state index in [2.05, 4.69) is 61.6 Å². The van der Waals surface area contributed by atoms with E-state index >= 15 is 0 Å². The van der Waals surface area contributed by atoms with Gasteiger partial charge >= 0.3 is 11.9 Å². The van der Waals surface area contributed by atoms with E-state index in [9.17, 15) is 9.59 Å². The highest BCUT2D eigenvalue weighted by Gasteiger charge is 2.38. The van der Waals surface area contributed by atoms with E-state index in [-0.39, 0.29) is 46.2 Å². The summed E-state index contributed by atoms with van der Waals surface area (Å²) in [7, 11) is 0. The monoisotopic (exact) mass is 668 g/mol. The predicted molar refractivity (Wildman–Crippen MR) is 176 cm³/mol. The fourth-order valence-corrected chi connectivity index (χ4v) is 2.68. The van der Waals surface area contributed by atoms with Gasteiger partial charge in [-0.25, -0.2) is 40.2 Å². The van der Waals surface area contributed by atoms with Crippen LogP contribution in [0.4, 0.5) is 0 Å². The second kappa shape index (κ2) is 52.7. The molecule has 1 aromatic carbocycles. The molecule has 0 fully saturated rings. The Bertz CT molecular complexity index is 691. The number of unbranched alkanes of at least 4 members (excludes halogenated alkanes) is 6. The lowest BCUT2D eigenvalue weighted by Gasteiger charge is -2.31. The normalized spacial score (nSPS) is 9.98. The molecular weight excluding hydrogens is 612 g/mol. The summed E-state index contributed by atoms with van der Waals surface area (Å²) < 4.78 is 11.2. The zero-order valence-electron chi connectivity index (χ0n) is 28.2. The number of hydrogen-bond donors (Lipinski definition) is 0. The first-order valence-corrected chi connectivity index (χ1v) is 14.8. The average Bonchev–Trinajstić information content (AvgIpc) is 3.05. The van der Waals surface area contributed by atoms with Gasteiger partial charge in [-0.05, 0) is 60.1 Å². The zero-order chi connectivity index (χ0) is 37.6. The van der Waals surface area contributed by atoms with Crippen molar-refractivity contribution in [1.29, 1.82) is 0 Å². The van der Waals surface area contributed by atoms with Crippen LogP contribution < -0.4 is 4.74 Å². The Kier molecular flexibility index (Phi) is 63.3. The van der Waals surface area contributed by atoms with Crippen molar-refractivity contribution in [3.63, 3.8) is 0 Å². The van der Waals surface area contributed by atoms with Crippen molar-refractivity contribution in [3.8, 4) is 5.75 Å². The second-order valence-corrected chi connectivity index (χ2v) is 7.92. The number of ether oxygens (including phenoxy) is 2. The van der Waals surface area contributed by atoms with Gasteiger partial charge in [0.2, 0.25) is 0 Å². The van der Waals surface area contributed by atoms with Gasteiger partial charge in [-0.1, -0.05) is 76.8 Å². The van der Waals surface area contributed by atoms with Crippen LogP contribution in [0.3, 0.4) is 0 Å². The molecule has 1 unspecified atom stereocenters. The molecule has 0 saturated carbocycles.